The van der Waals surface area contributed by atoms with Gasteiger partial charge in [-0.15, -0.1) is 0 Å². The van der Waals surface area contributed by atoms with Gasteiger partial charge >= 0.3 is 0 Å². The first-order chi connectivity index (χ1) is 18.8. The molecular formula is C30H46N4O5. The summed E-state index contributed by atoms with van der Waals surface area (Å²) in [5.41, 5.74) is 2.37. The first-order valence-electron chi connectivity index (χ1n) is 14.2. The number of amides is 1. The van der Waals surface area contributed by atoms with Crippen molar-refractivity contribution in [3.63, 3.8) is 0 Å². The van der Waals surface area contributed by atoms with Crippen molar-refractivity contribution in [2.75, 3.05) is 34.4 Å². The lowest BCUT2D eigenvalue weighted by molar-refractivity contribution is -0.120. The van der Waals surface area contributed by atoms with Gasteiger partial charge in [0, 0.05) is 38.5 Å². The maximum Gasteiger partial charge on any atom is 0.274 e. The maximum absolute atomic E-state index is 12.9. The van der Waals surface area contributed by atoms with Crippen LogP contribution in [0.15, 0.2) is 24.5 Å². The van der Waals surface area contributed by atoms with Crippen LogP contribution in [0.1, 0.15) is 92.4 Å². The monoisotopic (exact) mass is 542 g/mol. The van der Waals surface area contributed by atoms with Crippen molar-refractivity contribution in [1.29, 1.82) is 0 Å². The van der Waals surface area contributed by atoms with Crippen molar-refractivity contribution in [1.82, 2.24) is 19.4 Å². The number of ketones is 1. The molecule has 1 aliphatic heterocycles. The van der Waals surface area contributed by atoms with E-state index >= 15 is 0 Å². The highest BCUT2D eigenvalue weighted by molar-refractivity contribution is 5.95. The molecule has 1 aromatic carbocycles. The zero-order valence-corrected chi connectivity index (χ0v) is 24.3. The number of Topliss-reactive ketones (excluding diaryl/α,β-unsaturated/α-hetero) is 1. The molecule has 1 N–H and O–H groups in total. The number of fused-ring (bicyclic) bond motifs is 1. The first-order valence-corrected chi connectivity index (χ1v) is 14.2. The zero-order valence-electron chi connectivity index (χ0n) is 24.3. The van der Waals surface area contributed by atoms with E-state index in [0.29, 0.717) is 31.7 Å². The van der Waals surface area contributed by atoms with Gasteiger partial charge in [0.25, 0.3) is 5.91 Å². The topological polar surface area (TPSA) is 97.1 Å². The number of aromatic nitrogens is 2. The molecule has 2 atom stereocenters. The van der Waals surface area contributed by atoms with Crippen molar-refractivity contribution in [3.8, 4) is 11.5 Å². The number of carbonyl (C=O) groups is 2. The molecule has 0 radical (unpaired) electrons. The lowest BCUT2D eigenvalue weighted by Crippen LogP contribution is -2.49. The van der Waals surface area contributed by atoms with E-state index in [-0.39, 0.29) is 17.6 Å². The third kappa shape index (κ3) is 8.29. The summed E-state index contributed by atoms with van der Waals surface area (Å²) >= 11 is 0. The molecule has 0 aliphatic carbocycles. The molecule has 2 aromatic rings. The number of benzene rings is 1. The third-order valence-electron chi connectivity index (χ3n) is 7.56. The molecule has 0 saturated carbocycles. The maximum atomic E-state index is 12.9. The molecule has 3 rings (SSSR count). The van der Waals surface area contributed by atoms with E-state index in [4.69, 9.17) is 9.47 Å². The quantitative estimate of drug-likeness (QED) is 0.294. The number of hydrogen-bond acceptors (Lipinski definition) is 7. The molecule has 39 heavy (non-hydrogen) atoms. The molecule has 0 fully saturated rings. The van der Waals surface area contributed by atoms with Crippen molar-refractivity contribution in [2.24, 2.45) is 7.05 Å². The van der Waals surface area contributed by atoms with Gasteiger partial charge in [-0.05, 0) is 44.0 Å². The fraction of sp³-hybridized carbons (Fsp3) is 0.633. The molecule has 1 unspecified atom stereocenters. The van der Waals surface area contributed by atoms with E-state index in [9.17, 15) is 14.7 Å². The van der Waals surface area contributed by atoms with Crippen LogP contribution in [-0.2, 0) is 18.4 Å². The molecule has 0 spiro atoms. The number of nitrogens with zero attached hydrogens (tertiary/aromatic N) is 4. The number of methoxy groups -OCH3 is 2. The Kier molecular flexibility index (Phi) is 11.8. The molecule has 216 valence electrons. The van der Waals surface area contributed by atoms with Gasteiger partial charge < -0.3 is 24.0 Å². The SMILES string of the molecule is CCC1c2ncn(C)c2C(=O)N(CCCCCCCCCC(=O)CN(C)Cc2cc(OC)cc(OC)c2)[C@@H]1O. The highest BCUT2D eigenvalue weighted by Crippen LogP contribution is 2.33. The summed E-state index contributed by atoms with van der Waals surface area (Å²) in [6.45, 7) is 3.67. The molecule has 1 aromatic heterocycles. The number of ether oxygens (including phenoxy) is 2. The second-order valence-corrected chi connectivity index (χ2v) is 10.7. The summed E-state index contributed by atoms with van der Waals surface area (Å²) in [6, 6.07) is 5.77. The van der Waals surface area contributed by atoms with Crippen molar-refractivity contribution in [2.45, 2.75) is 83.4 Å². The van der Waals surface area contributed by atoms with Crippen LogP contribution in [0.3, 0.4) is 0 Å². The Bertz CT molecular complexity index is 1060. The van der Waals surface area contributed by atoms with Crippen molar-refractivity contribution in [3.05, 3.63) is 41.5 Å². The van der Waals surface area contributed by atoms with Crippen LogP contribution in [0.25, 0.3) is 0 Å². The van der Waals surface area contributed by atoms with Crippen LogP contribution >= 0.6 is 0 Å². The number of imidazole rings is 1. The molecule has 0 bridgehead atoms. The third-order valence-corrected chi connectivity index (χ3v) is 7.56. The fourth-order valence-corrected chi connectivity index (χ4v) is 5.43. The van der Waals surface area contributed by atoms with Crippen LogP contribution < -0.4 is 9.47 Å². The van der Waals surface area contributed by atoms with E-state index in [1.54, 1.807) is 30.0 Å². The summed E-state index contributed by atoms with van der Waals surface area (Å²) < 4.78 is 12.4. The van der Waals surface area contributed by atoms with Crippen LogP contribution in [0.2, 0.25) is 0 Å². The molecule has 9 nitrogen and oxygen atoms in total. The Balaban J connectivity index is 1.27. The first kappa shape index (κ1) is 30.6. The summed E-state index contributed by atoms with van der Waals surface area (Å²) in [5.74, 6) is 1.50. The van der Waals surface area contributed by atoms with Crippen molar-refractivity contribution < 1.29 is 24.2 Å². The van der Waals surface area contributed by atoms with Crippen LogP contribution in [-0.4, -0.2) is 76.7 Å². The second-order valence-electron chi connectivity index (χ2n) is 10.7. The van der Waals surface area contributed by atoms with Crippen LogP contribution in [0.4, 0.5) is 0 Å². The second kappa shape index (κ2) is 15.0. The van der Waals surface area contributed by atoms with Gasteiger partial charge in [-0.25, -0.2) is 4.98 Å². The van der Waals surface area contributed by atoms with Gasteiger partial charge in [-0.2, -0.15) is 0 Å². The zero-order chi connectivity index (χ0) is 28.4. The molecule has 0 saturated heterocycles. The van der Waals surface area contributed by atoms with Crippen LogP contribution in [0, 0.1) is 0 Å². The summed E-state index contributed by atoms with van der Waals surface area (Å²) in [6.07, 6.45) is 9.37. The van der Waals surface area contributed by atoms with E-state index in [1.165, 1.54) is 0 Å². The Labute approximate surface area is 233 Å². The van der Waals surface area contributed by atoms with Gasteiger partial charge in [-0.1, -0.05) is 39.0 Å². The lowest BCUT2D eigenvalue weighted by Gasteiger charge is -2.37. The van der Waals surface area contributed by atoms with Gasteiger partial charge in [0.2, 0.25) is 0 Å². The Hall–Kier alpha value is -2.91. The highest BCUT2D eigenvalue weighted by atomic mass is 16.5. The van der Waals surface area contributed by atoms with Crippen LogP contribution in [0.5, 0.6) is 11.5 Å². The molecule has 2 heterocycles. The predicted molar refractivity (Wildman–Crippen MR) is 151 cm³/mol. The highest BCUT2D eigenvalue weighted by Gasteiger charge is 2.40. The predicted octanol–water partition coefficient (Wildman–Crippen LogP) is 4.53. The standard InChI is InChI=1S/C30H46N4O5/c1-6-26-27-28(33(3)21-31-27)30(37)34(29(26)36)15-13-11-9-7-8-10-12-14-23(35)20-32(2)19-22-16-24(38-4)18-25(17-22)39-5/h16-18,21,26,29,36H,6-15,19-20H2,1-5H3/t26?,29-/m1/s1. The van der Waals surface area contributed by atoms with Gasteiger partial charge in [0.1, 0.15) is 29.2 Å². The average molecular weight is 543 g/mol. The molecule has 1 amide bonds. The summed E-state index contributed by atoms with van der Waals surface area (Å²) in [5, 5.41) is 10.8. The minimum Gasteiger partial charge on any atom is -0.497 e. The largest absolute Gasteiger partial charge is 0.497 e. The number of carbonyl (C=O) groups excluding carboxylic acids is 2. The number of unbranched alkanes of at least 4 members (excludes halogenated alkanes) is 6. The average Bonchev–Trinajstić information content (AvgIpc) is 3.30. The number of aliphatic hydroxyl groups excluding tert-OH is 1. The molecular weight excluding hydrogens is 496 g/mol. The molecule has 9 heteroatoms. The number of rotatable bonds is 17. The van der Waals surface area contributed by atoms with Gasteiger partial charge in [0.05, 0.1) is 32.8 Å². The Morgan fingerprint density at radius 2 is 1.64 bits per heavy atom. The minimum atomic E-state index is -0.806. The summed E-state index contributed by atoms with van der Waals surface area (Å²) in [4.78, 5) is 33.4. The van der Waals surface area contributed by atoms with Gasteiger partial charge in [0.15, 0.2) is 0 Å². The minimum absolute atomic E-state index is 0.124. The van der Waals surface area contributed by atoms with E-state index < -0.39 is 6.23 Å². The normalized spacial score (nSPS) is 17.0. The Morgan fingerprint density at radius 1 is 1.03 bits per heavy atom. The summed E-state index contributed by atoms with van der Waals surface area (Å²) in [7, 11) is 7.05. The number of likely N-dealkylation sites (N-methyl/N-ethyl adjacent to an activating group) is 1. The molecule has 1 aliphatic rings. The smallest absolute Gasteiger partial charge is 0.274 e. The van der Waals surface area contributed by atoms with E-state index in [1.807, 2.05) is 44.1 Å². The lowest BCUT2D eigenvalue weighted by atomic mass is 9.93. The number of hydrogen-bond donors (Lipinski definition) is 1. The number of aliphatic hydroxyl groups is 1. The van der Waals surface area contributed by atoms with Gasteiger partial charge in [-0.3, -0.25) is 14.5 Å². The number of aryl methyl sites for hydroxylation is 1. The van der Waals surface area contributed by atoms with Crippen molar-refractivity contribution >= 4 is 11.7 Å². The van der Waals surface area contributed by atoms with E-state index in [2.05, 4.69) is 4.98 Å². The van der Waals surface area contributed by atoms with E-state index in [0.717, 1.165) is 74.1 Å². The fourth-order valence-electron chi connectivity index (χ4n) is 5.43. The Morgan fingerprint density at radius 3 is 2.26 bits per heavy atom.